The molecule has 0 saturated heterocycles. The van der Waals surface area contributed by atoms with Gasteiger partial charge in [-0.15, -0.1) is 0 Å². The van der Waals surface area contributed by atoms with Crippen molar-refractivity contribution in [2.24, 2.45) is 5.73 Å². The molecule has 2 rings (SSSR count). The summed E-state index contributed by atoms with van der Waals surface area (Å²) < 4.78 is 2.20. The lowest BCUT2D eigenvalue weighted by molar-refractivity contribution is 0.100. The summed E-state index contributed by atoms with van der Waals surface area (Å²) in [6.07, 6.45) is 2.95. The van der Waals surface area contributed by atoms with Crippen LogP contribution < -0.4 is 5.73 Å². The van der Waals surface area contributed by atoms with Crippen LogP contribution in [0.15, 0.2) is 35.2 Å². The second kappa shape index (κ2) is 3.82. The van der Waals surface area contributed by atoms with E-state index < -0.39 is 5.91 Å². The van der Waals surface area contributed by atoms with Gasteiger partial charge in [-0.3, -0.25) is 4.79 Å². The summed E-state index contributed by atoms with van der Waals surface area (Å²) in [6, 6.07) is 5.42. The van der Waals surface area contributed by atoms with E-state index in [4.69, 9.17) is 5.73 Å². The van der Waals surface area contributed by atoms with Crippen molar-refractivity contribution in [2.75, 3.05) is 0 Å². The second-order valence-electron chi connectivity index (χ2n) is 2.86. The largest absolute Gasteiger partial charge is 0.366 e. The normalized spacial score (nSPS) is 10.2. The first-order chi connectivity index (χ1) is 7.16. The molecule has 0 radical (unpaired) electrons. The highest BCUT2D eigenvalue weighted by atomic mass is 79.9. The van der Waals surface area contributed by atoms with E-state index in [1.807, 2.05) is 12.1 Å². The fourth-order valence-corrected chi connectivity index (χ4v) is 1.43. The zero-order chi connectivity index (χ0) is 10.8. The maximum absolute atomic E-state index is 10.9. The fraction of sp³-hybridized carbons (Fsp3) is 0. The van der Waals surface area contributed by atoms with Gasteiger partial charge < -0.3 is 5.73 Å². The molecule has 0 aliphatic carbocycles. The SMILES string of the molecule is NC(=O)c1cnn(-c2cccc(Br)n2)c1. The van der Waals surface area contributed by atoms with E-state index in [1.165, 1.54) is 17.1 Å². The van der Waals surface area contributed by atoms with Crippen molar-refractivity contribution in [1.29, 1.82) is 0 Å². The molecule has 0 aliphatic heterocycles. The lowest BCUT2D eigenvalue weighted by Crippen LogP contribution is -2.09. The molecule has 0 spiro atoms. The number of hydrogen-bond donors (Lipinski definition) is 1. The molecule has 0 bridgehead atoms. The number of amides is 1. The Hall–Kier alpha value is -1.69. The number of hydrogen-bond acceptors (Lipinski definition) is 3. The summed E-state index contributed by atoms with van der Waals surface area (Å²) >= 11 is 3.25. The van der Waals surface area contributed by atoms with Crippen molar-refractivity contribution >= 4 is 21.8 Å². The standard InChI is InChI=1S/C9H7BrN4O/c10-7-2-1-3-8(13-7)14-5-6(4-12-14)9(11)15/h1-5H,(H2,11,15). The summed E-state index contributed by atoms with van der Waals surface area (Å²) in [5.74, 6) is 0.119. The molecular weight excluding hydrogens is 260 g/mol. The van der Waals surface area contributed by atoms with Gasteiger partial charge in [0.15, 0.2) is 5.82 Å². The number of rotatable bonds is 2. The molecule has 2 N–H and O–H groups in total. The maximum atomic E-state index is 10.9. The number of aromatic nitrogens is 3. The molecule has 0 unspecified atom stereocenters. The van der Waals surface area contributed by atoms with E-state index >= 15 is 0 Å². The van der Waals surface area contributed by atoms with Crippen LogP contribution in [0.3, 0.4) is 0 Å². The lowest BCUT2D eigenvalue weighted by atomic mass is 10.3. The van der Waals surface area contributed by atoms with Crippen molar-refractivity contribution in [3.63, 3.8) is 0 Å². The summed E-state index contributed by atoms with van der Waals surface area (Å²) in [4.78, 5) is 15.0. The molecule has 15 heavy (non-hydrogen) atoms. The number of pyridine rings is 1. The van der Waals surface area contributed by atoms with Crippen LogP contribution in [0.1, 0.15) is 10.4 Å². The van der Waals surface area contributed by atoms with Gasteiger partial charge in [-0.2, -0.15) is 5.10 Å². The van der Waals surface area contributed by atoms with Crippen LogP contribution >= 0.6 is 15.9 Å². The van der Waals surface area contributed by atoms with Gasteiger partial charge in [0.1, 0.15) is 4.60 Å². The maximum Gasteiger partial charge on any atom is 0.251 e. The zero-order valence-electron chi connectivity index (χ0n) is 7.59. The summed E-state index contributed by atoms with van der Waals surface area (Å²) in [5, 5.41) is 3.98. The predicted molar refractivity (Wildman–Crippen MR) is 57.6 cm³/mol. The minimum absolute atomic E-state index is 0.358. The summed E-state index contributed by atoms with van der Waals surface area (Å²) in [5.41, 5.74) is 5.47. The second-order valence-corrected chi connectivity index (χ2v) is 3.67. The third kappa shape index (κ3) is 2.04. The lowest BCUT2D eigenvalue weighted by Gasteiger charge is -1.99. The van der Waals surface area contributed by atoms with Crippen LogP contribution in [0.2, 0.25) is 0 Å². The summed E-state index contributed by atoms with van der Waals surface area (Å²) in [7, 11) is 0. The Morgan fingerprint density at radius 2 is 2.27 bits per heavy atom. The average Bonchev–Trinajstić information content (AvgIpc) is 2.66. The number of carbonyl (C=O) groups excluding carboxylic acids is 1. The summed E-state index contributed by atoms with van der Waals surface area (Å²) in [6.45, 7) is 0. The van der Waals surface area contributed by atoms with Gasteiger partial charge in [-0.1, -0.05) is 6.07 Å². The zero-order valence-corrected chi connectivity index (χ0v) is 9.18. The number of nitrogens with two attached hydrogens (primary N) is 1. The molecule has 0 saturated carbocycles. The molecular formula is C9H7BrN4O. The first-order valence-corrected chi connectivity index (χ1v) is 4.93. The highest BCUT2D eigenvalue weighted by Crippen LogP contribution is 2.10. The predicted octanol–water partition coefficient (Wildman–Crippen LogP) is 1.13. The Bertz CT molecular complexity index is 508. The first kappa shape index (κ1) is 9.85. The molecule has 76 valence electrons. The highest BCUT2D eigenvalue weighted by Gasteiger charge is 2.05. The highest BCUT2D eigenvalue weighted by molar-refractivity contribution is 9.10. The molecule has 1 amide bonds. The molecule has 6 heteroatoms. The van der Waals surface area contributed by atoms with Gasteiger partial charge in [0.2, 0.25) is 0 Å². The van der Waals surface area contributed by atoms with Gasteiger partial charge in [0, 0.05) is 6.20 Å². The minimum atomic E-state index is -0.503. The van der Waals surface area contributed by atoms with E-state index in [0.29, 0.717) is 16.0 Å². The molecule has 0 atom stereocenters. The number of primary amides is 1. The van der Waals surface area contributed by atoms with E-state index in [1.54, 1.807) is 6.07 Å². The molecule has 0 fully saturated rings. The van der Waals surface area contributed by atoms with Crippen LogP contribution in [0.4, 0.5) is 0 Å². The third-order valence-electron chi connectivity index (χ3n) is 1.80. The van der Waals surface area contributed by atoms with Crippen molar-refractivity contribution in [2.45, 2.75) is 0 Å². The Morgan fingerprint density at radius 3 is 2.87 bits per heavy atom. The van der Waals surface area contributed by atoms with Crippen LogP contribution in [0.5, 0.6) is 0 Å². The first-order valence-electron chi connectivity index (χ1n) is 4.14. The van der Waals surface area contributed by atoms with Crippen LogP contribution in [-0.4, -0.2) is 20.7 Å². The monoisotopic (exact) mass is 266 g/mol. The quantitative estimate of drug-likeness (QED) is 0.829. The Labute approximate surface area is 94.0 Å². The van der Waals surface area contributed by atoms with Crippen molar-refractivity contribution in [1.82, 2.24) is 14.8 Å². The Morgan fingerprint density at radius 1 is 1.47 bits per heavy atom. The Kier molecular flexibility index (Phi) is 2.51. The van der Waals surface area contributed by atoms with Crippen LogP contribution in [0.25, 0.3) is 5.82 Å². The van der Waals surface area contributed by atoms with E-state index in [-0.39, 0.29) is 0 Å². The number of nitrogens with zero attached hydrogens (tertiary/aromatic N) is 3. The van der Waals surface area contributed by atoms with E-state index in [9.17, 15) is 4.79 Å². The average molecular weight is 267 g/mol. The van der Waals surface area contributed by atoms with E-state index in [0.717, 1.165) is 0 Å². The van der Waals surface area contributed by atoms with Crippen molar-refractivity contribution in [3.8, 4) is 5.82 Å². The topological polar surface area (TPSA) is 73.8 Å². The van der Waals surface area contributed by atoms with E-state index in [2.05, 4.69) is 26.0 Å². The fourth-order valence-electron chi connectivity index (χ4n) is 1.10. The van der Waals surface area contributed by atoms with Crippen molar-refractivity contribution < 1.29 is 4.79 Å². The van der Waals surface area contributed by atoms with Gasteiger partial charge in [-0.05, 0) is 28.1 Å². The molecule has 2 aromatic rings. The van der Waals surface area contributed by atoms with Gasteiger partial charge in [-0.25, -0.2) is 9.67 Å². The number of carbonyl (C=O) groups is 1. The van der Waals surface area contributed by atoms with Crippen LogP contribution in [-0.2, 0) is 0 Å². The molecule has 2 heterocycles. The van der Waals surface area contributed by atoms with Gasteiger partial charge in [0.25, 0.3) is 5.91 Å². The van der Waals surface area contributed by atoms with Gasteiger partial charge in [0.05, 0.1) is 11.8 Å². The number of halogens is 1. The van der Waals surface area contributed by atoms with Crippen LogP contribution in [0, 0.1) is 0 Å². The smallest absolute Gasteiger partial charge is 0.251 e. The molecule has 2 aromatic heterocycles. The molecule has 5 nitrogen and oxygen atoms in total. The third-order valence-corrected chi connectivity index (χ3v) is 2.24. The van der Waals surface area contributed by atoms with Crippen molar-refractivity contribution in [3.05, 3.63) is 40.8 Å². The molecule has 0 aromatic carbocycles. The Balaban J connectivity index is 2.41. The minimum Gasteiger partial charge on any atom is -0.366 e. The molecule has 0 aliphatic rings. The van der Waals surface area contributed by atoms with Gasteiger partial charge >= 0.3 is 0 Å².